The van der Waals surface area contributed by atoms with Crippen molar-refractivity contribution in [3.63, 3.8) is 0 Å². The van der Waals surface area contributed by atoms with Crippen LogP contribution >= 0.6 is 23.1 Å². The van der Waals surface area contributed by atoms with Crippen molar-refractivity contribution >= 4 is 39.8 Å². The summed E-state index contributed by atoms with van der Waals surface area (Å²) in [5, 5.41) is 19.6. The van der Waals surface area contributed by atoms with Crippen LogP contribution in [-0.4, -0.2) is 21.9 Å². The largest absolute Gasteiger partial charge is 0.374 e. The smallest absolute Gasteiger partial charge is 0.225 e. The third-order valence-electron chi connectivity index (χ3n) is 2.30. The number of hydrogen-bond acceptors (Lipinski definition) is 7. The van der Waals surface area contributed by atoms with Gasteiger partial charge in [0.1, 0.15) is 6.07 Å². The first-order valence-electron chi connectivity index (χ1n) is 5.70. The molecule has 1 aromatic carbocycles. The molecule has 0 atom stereocenters. The van der Waals surface area contributed by atoms with Crippen LogP contribution in [0.15, 0.2) is 28.6 Å². The first-order valence-corrected chi connectivity index (χ1v) is 7.50. The highest BCUT2D eigenvalue weighted by Gasteiger charge is 2.07. The van der Waals surface area contributed by atoms with Crippen LogP contribution in [0.5, 0.6) is 0 Å². The quantitative estimate of drug-likeness (QED) is 0.820. The van der Waals surface area contributed by atoms with Gasteiger partial charge in [-0.25, -0.2) is 0 Å². The number of carbonyl (C=O) groups excluding carboxylic acids is 1. The molecule has 0 fully saturated rings. The van der Waals surface area contributed by atoms with Crippen LogP contribution in [0.1, 0.15) is 12.0 Å². The Bertz CT molecular complexity index is 649. The van der Waals surface area contributed by atoms with Crippen LogP contribution in [0.4, 0.5) is 10.8 Å². The summed E-state index contributed by atoms with van der Waals surface area (Å²) in [6, 6.07) is 8.93. The first-order chi connectivity index (χ1) is 9.69. The molecule has 0 aliphatic heterocycles. The maximum absolute atomic E-state index is 11.8. The van der Waals surface area contributed by atoms with E-state index >= 15 is 0 Å². The Labute approximate surface area is 124 Å². The standard InChI is InChI=1S/C12H11N5OS2/c13-7-8-3-1-2-4-9(8)15-10(18)5-6-19-12-17-16-11(14)20-12/h1-4H,5-6H2,(H2,14,16)(H,15,18). The van der Waals surface area contributed by atoms with Crippen molar-refractivity contribution in [1.29, 1.82) is 5.26 Å². The van der Waals surface area contributed by atoms with Crippen molar-refractivity contribution < 1.29 is 4.79 Å². The molecular weight excluding hydrogens is 294 g/mol. The van der Waals surface area contributed by atoms with Gasteiger partial charge in [0.25, 0.3) is 0 Å². The molecule has 0 bridgehead atoms. The molecule has 0 radical (unpaired) electrons. The Kier molecular flexibility index (Phi) is 4.92. The van der Waals surface area contributed by atoms with Gasteiger partial charge in [0, 0.05) is 12.2 Å². The molecule has 0 saturated heterocycles. The lowest BCUT2D eigenvalue weighted by Gasteiger charge is -2.05. The average Bonchev–Trinajstić information content (AvgIpc) is 2.85. The van der Waals surface area contributed by atoms with Gasteiger partial charge in [-0.2, -0.15) is 5.26 Å². The second-order valence-electron chi connectivity index (χ2n) is 3.71. The Morgan fingerprint density at radius 2 is 2.25 bits per heavy atom. The number of rotatable bonds is 5. The lowest BCUT2D eigenvalue weighted by molar-refractivity contribution is -0.115. The fraction of sp³-hybridized carbons (Fsp3) is 0.167. The summed E-state index contributed by atoms with van der Waals surface area (Å²) < 4.78 is 0.743. The normalized spacial score (nSPS) is 9.95. The second kappa shape index (κ2) is 6.88. The molecule has 6 nitrogen and oxygen atoms in total. The number of benzene rings is 1. The lowest BCUT2D eigenvalue weighted by atomic mass is 10.2. The van der Waals surface area contributed by atoms with Gasteiger partial charge in [0.15, 0.2) is 4.34 Å². The molecule has 1 amide bonds. The van der Waals surface area contributed by atoms with E-state index in [0.29, 0.717) is 28.6 Å². The number of nitrogens with zero attached hydrogens (tertiary/aromatic N) is 3. The van der Waals surface area contributed by atoms with Crippen LogP contribution in [0.3, 0.4) is 0 Å². The number of hydrogen-bond donors (Lipinski definition) is 2. The Hall–Kier alpha value is -2.11. The predicted molar refractivity (Wildman–Crippen MR) is 79.4 cm³/mol. The van der Waals surface area contributed by atoms with Crippen molar-refractivity contribution in [3.8, 4) is 6.07 Å². The molecule has 20 heavy (non-hydrogen) atoms. The summed E-state index contributed by atoms with van der Waals surface area (Å²) in [4.78, 5) is 11.8. The maximum atomic E-state index is 11.8. The number of carbonyl (C=O) groups is 1. The van der Waals surface area contributed by atoms with Gasteiger partial charge in [0.2, 0.25) is 11.0 Å². The zero-order chi connectivity index (χ0) is 14.4. The van der Waals surface area contributed by atoms with E-state index in [2.05, 4.69) is 15.5 Å². The van der Waals surface area contributed by atoms with Gasteiger partial charge < -0.3 is 11.1 Å². The molecule has 3 N–H and O–H groups in total. The van der Waals surface area contributed by atoms with Crippen molar-refractivity contribution in [2.24, 2.45) is 0 Å². The molecule has 0 saturated carbocycles. The number of para-hydroxylation sites is 1. The molecule has 0 aliphatic carbocycles. The predicted octanol–water partition coefficient (Wildman–Crippen LogP) is 2.11. The first kappa shape index (κ1) is 14.3. The number of aromatic nitrogens is 2. The van der Waals surface area contributed by atoms with Gasteiger partial charge >= 0.3 is 0 Å². The third-order valence-corrected chi connectivity index (χ3v) is 4.19. The average molecular weight is 305 g/mol. The van der Waals surface area contributed by atoms with E-state index in [9.17, 15) is 4.79 Å². The van der Waals surface area contributed by atoms with E-state index in [1.54, 1.807) is 24.3 Å². The highest BCUT2D eigenvalue weighted by Crippen LogP contribution is 2.24. The monoisotopic (exact) mass is 305 g/mol. The summed E-state index contributed by atoms with van der Waals surface area (Å²) in [5.41, 5.74) is 6.45. The topological polar surface area (TPSA) is 105 Å². The van der Waals surface area contributed by atoms with Crippen LogP contribution < -0.4 is 11.1 Å². The second-order valence-corrected chi connectivity index (χ2v) is 6.06. The summed E-state index contributed by atoms with van der Waals surface area (Å²) in [5.74, 6) is 0.438. The van der Waals surface area contributed by atoms with Crippen LogP contribution in [0.2, 0.25) is 0 Å². The van der Waals surface area contributed by atoms with E-state index in [1.807, 2.05) is 6.07 Å². The zero-order valence-corrected chi connectivity index (χ0v) is 12.0. The van der Waals surface area contributed by atoms with Gasteiger partial charge in [-0.15, -0.1) is 10.2 Å². The molecule has 2 rings (SSSR count). The van der Waals surface area contributed by atoms with Crippen molar-refractivity contribution in [2.45, 2.75) is 10.8 Å². The number of nitrogens with one attached hydrogen (secondary N) is 1. The molecule has 1 heterocycles. The van der Waals surface area contributed by atoms with Gasteiger partial charge in [-0.1, -0.05) is 35.2 Å². The van der Waals surface area contributed by atoms with Crippen molar-refractivity contribution in [3.05, 3.63) is 29.8 Å². The van der Waals surface area contributed by atoms with Gasteiger partial charge in [-0.3, -0.25) is 4.79 Å². The summed E-state index contributed by atoms with van der Waals surface area (Å²) >= 11 is 2.72. The highest BCUT2D eigenvalue weighted by molar-refractivity contribution is 8.01. The number of thioether (sulfide) groups is 1. The third kappa shape index (κ3) is 3.94. The van der Waals surface area contributed by atoms with Crippen LogP contribution in [0.25, 0.3) is 0 Å². The van der Waals surface area contributed by atoms with Crippen molar-refractivity contribution in [2.75, 3.05) is 16.8 Å². The van der Waals surface area contributed by atoms with E-state index in [0.717, 1.165) is 4.34 Å². The highest BCUT2D eigenvalue weighted by atomic mass is 32.2. The molecule has 0 unspecified atom stereocenters. The zero-order valence-electron chi connectivity index (χ0n) is 10.4. The summed E-state index contributed by atoms with van der Waals surface area (Å²) in [6.07, 6.45) is 0.323. The van der Waals surface area contributed by atoms with Crippen molar-refractivity contribution in [1.82, 2.24) is 10.2 Å². The summed E-state index contributed by atoms with van der Waals surface area (Å²) in [6.45, 7) is 0. The van der Waals surface area contributed by atoms with Crippen LogP contribution in [-0.2, 0) is 4.79 Å². The van der Waals surface area contributed by atoms with Gasteiger partial charge in [0.05, 0.1) is 11.3 Å². The Morgan fingerprint density at radius 3 is 2.95 bits per heavy atom. The molecule has 0 spiro atoms. The fourth-order valence-corrected chi connectivity index (χ4v) is 3.06. The number of nitrogens with two attached hydrogens (primary N) is 1. The van der Waals surface area contributed by atoms with E-state index in [4.69, 9.17) is 11.0 Å². The molecular formula is C12H11N5OS2. The van der Waals surface area contributed by atoms with Crippen LogP contribution in [0, 0.1) is 11.3 Å². The molecule has 8 heteroatoms. The Morgan fingerprint density at radius 1 is 1.45 bits per heavy atom. The van der Waals surface area contributed by atoms with Gasteiger partial charge in [-0.05, 0) is 12.1 Å². The molecule has 1 aromatic heterocycles. The number of nitrogen functional groups attached to an aromatic ring is 1. The minimum atomic E-state index is -0.141. The number of anilines is 2. The number of nitriles is 1. The summed E-state index contributed by atoms with van der Waals surface area (Å²) in [7, 11) is 0. The van der Waals surface area contributed by atoms with E-state index < -0.39 is 0 Å². The number of amides is 1. The molecule has 102 valence electrons. The minimum absolute atomic E-state index is 0.141. The lowest BCUT2D eigenvalue weighted by Crippen LogP contribution is -2.13. The molecule has 2 aromatic rings. The molecule has 0 aliphatic rings. The maximum Gasteiger partial charge on any atom is 0.225 e. The SMILES string of the molecule is N#Cc1ccccc1NC(=O)CCSc1nnc(N)s1. The minimum Gasteiger partial charge on any atom is -0.374 e. The van der Waals surface area contributed by atoms with E-state index in [1.165, 1.54) is 23.1 Å². The van der Waals surface area contributed by atoms with E-state index in [-0.39, 0.29) is 5.91 Å². The Balaban J connectivity index is 1.82. The fourth-order valence-electron chi connectivity index (χ4n) is 1.41.